The van der Waals surface area contributed by atoms with Crippen molar-refractivity contribution in [2.45, 2.75) is 32.9 Å². The molecule has 1 aromatic rings. The second-order valence-corrected chi connectivity index (χ2v) is 3.23. The SMILES string of the molecule is CCc1ccc(=O)n(C[C@H](C)O)c1. The molecule has 3 nitrogen and oxygen atoms in total. The van der Waals surface area contributed by atoms with Gasteiger partial charge in [0.25, 0.3) is 5.56 Å². The summed E-state index contributed by atoms with van der Waals surface area (Å²) in [7, 11) is 0. The van der Waals surface area contributed by atoms with Gasteiger partial charge in [0.05, 0.1) is 12.6 Å². The van der Waals surface area contributed by atoms with E-state index in [0.29, 0.717) is 6.54 Å². The van der Waals surface area contributed by atoms with Crippen LogP contribution in [-0.2, 0) is 13.0 Å². The Bertz CT molecular complexity index is 328. The molecule has 0 aromatic carbocycles. The van der Waals surface area contributed by atoms with E-state index in [1.54, 1.807) is 23.8 Å². The first kappa shape index (κ1) is 9.99. The molecule has 0 saturated carbocycles. The summed E-state index contributed by atoms with van der Waals surface area (Å²) in [5, 5.41) is 9.13. The minimum Gasteiger partial charge on any atom is -0.392 e. The van der Waals surface area contributed by atoms with E-state index in [1.165, 1.54) is 0 Å². The van der Waals surface area contributed by atoms with Crippen molar-refractivity contribution in [2.75, 3.05) is 0 Å². The molecule has 0 fully saturated rings. The average Bonchev–Trinajstić information content (AvgIpc) is 2.08. The van der Waals surface area contributed by atoms with Crippen molar-refractivity contribution in [1.82, 2.24) is 4.57 Å². The summed E-state index contributed by atoms with van der Waals surface area (Å²) < 4.78 is 1.55. The molecule has 1 atom stereocenters. The fourth-order valence-electron chi connectivity index (χ4n) is 1.22. The molecule has 0 unspecified atom stereocenters. The number of pyridine rings is 1. The van der Waals surface area contributed by atoms with E-state index in [-0.39, 0.29) is 5.56 Å². The molecule has 0 amide bonds. The fraction of sp³-hybridized carbons (Fsp3) is 0.500. The van der Waals surface area contributed by atoms with Crippen LogP contribution in [-0.4, -0.2) is 15.8 Å². The monoisotopic (exact) mass is 181 g/mol. The Kier molecular flexibility index (Phi) is 3.25. The molecule has 1 N–H and O–H groups in total. The largest absolute Gasteiger partial charge is 0.392 e. The first-order valence-electron chi connectivity index (χ1n) is 4.51. The summed E-state index contributed by atoms with van der Waals surface area (Å²) in [6.07, 6.45) is 2.22. The van der Waals surface area contributed by atoms with Crippen LogP contribution in [0.2, 0.25) is 0 Å². The molecule has 1 aromatic heterocycles. The van der Waals surface area contributed by atoms with E-state index in [1.807, 2.05) is 13.0 Å². The molecular weight excluding hydrogens is 166 g/mol. The van der Waals surface area contributed by atoms with Gasteiger partial charge in [-0.15, -0.1) is 0 Å². The van der Waals surface area contributed by atoms with E-state index < -0.39 is 6.10 Å². The zero-order chi connectivity index (χ0) is 9.84. The van der Waals surface area contributed by atoms with Crippen LogP contribution in [0.15, 0.2) is 23.1 Å². The molecule has 3 heteroatoms. The number of aliphatic hydroxyl groups excluding tert-OH is 1. The van der Waals surface area contributed by atoms with Crippen molar-refractivity contribution in [3.8, 4) is 0 Å². The van der Waals surface area contributed by atoms with Gasteiger partial charge in [0.15, 0.2) is 0 Å². The van der Waals surface area contributed by atoms with Crippen molar-refractivity contribution in [3.63, 3.8) is 0 Å². The Balaban J connectivity index is 2.97. The van der Waals surface area contributed by atoms with Crippen molar-refractivity contribution >= 4 is 0 Å². The van der Waals surface area contributed by atoms with Crippen molar-refractivity contribution in [1.29, 1.82) is 0 Å². The summed E-state index contributed by atoms with van der Waals surface area (Å²) in [4.78, 5) is 11.3. The number of rotatable bonds is 3. The molecule has 0 aliphatic rings. The lowest BCUT2D eigenvalue weighted by molar-refractivity contribution is 0.172. The number of hydrogen-bond donors (Lipinski definition) is 1. The van der Waals surface area contributed by atoms with Crippen molar-refractivity contribution in [3.05, 3.63) is 34.2 Å². The Labute approximate surface area is 77.6 Å². The van der Waals surface area contributed by atoms with Crippen LogP contribution in [0, 0.1) is 0 Å². The highest BCUT2D eigenvalue weighted by atomic mass is 16.3. The Morgan fingerprint density at radius 1 is 1.54 bits per heavy atom. The first-order chi connectivity index (χ1) is 6.13. The lowest BCUT2D eigenvalue weighted by atomic mass is 10.2. The predicted octanol–water partition coefficient (Wildman–Crippen LogP) is 0.792. The van der Waals surface area contributed by atoms with E-state index in [9.17, 15) is 4.79 Å². The third kappa shape index (κ3) is 2.70. The molecule has 72 valence electrons. The van der Waals surface area contributed by atoms with Crippen LogP contribution >= 0.6 is 0 Å². The van der Waals surface area contributed by atoms with E-state index in [0.717, 1.165) is 12.0 Å². The van der Waals surface area contributed by atoms with Gasteiger partial charge in [-0.2, -0.15) is 0 Å². The second kappa shape index (κ2) is 4.23. The Morgan fingerprint density at radius 3 is 2.77 bits per heavy atom. The zero-order valence-corrected chi connectivity index (χ0v) is 8.03. The molecular formula is C10H15NO2. The van der Waals surface area contributed by atoms with Crippen LogP contribution in [0.1, 0.15) is 19.4 Å². The molecule has 0 radical (unpaired) electrons. The van der Waals surface area contributed by atoms with Gasteiger partial charge in [0.1, 0.15) is 0 Å². The van der Waals surface area contributed by atoms with Gasteiger partial charge in [-0.3, -0.25) is 4.79 Å². The third-order valence-corrected chi connectivity index (χ3v) is 1.91. The van der Waals surface area contributed by atoms with Gasteiger partial charge in [-0.25, -0.2) is 0 Å². The van der Waals surface area contributed by atoms with Crippen LogP contribution < -0.4 is 5.56 Å². The molecule has 0 bridgehead atoms. The zero-order valence-electron chi connectivity index (χ0n) is 8.03. The van der Waals surface area contributed by atoms with E-state index in [2.05, 4.69) is 0 Å². The van der Waals surface area contributed by atoms with Crippen LogP contribution in [0.4, 0.5) is 0 Å². The quantitative estimate of drug-likeness (QED) is 0.749. The highest BCUT2D eigenvalue weighted by molar-refractivity contribution is 5.09. The normalized spacial score (nSPS) is 12.8. The lowest BCUT2D eigenvalue weighted by Gasteiger charge is -2.08. The summed E-state index contributed by atoms with van der Waals surface area (Å²) >= 11 is 0. The number of nitrogens with zero attached hydrogens (tertiary/aromatic N) is 1. The summed E-state index contributed by atoms with van der Waals surface area (Å²) in [6.45, 7) is 4.07. The predicted molar refractivity (Wildman–Crippen MR) is 51.8 cm³/mol. The Hall–Kier alpha value is -1.09. The van der Waals surface area contributed by atoms with Gasteiger partial charge >= 0.3 is 0 Å². The summed E-state index contributed by atoms with van der Waals surface area (Å²) in [5.41, 5.74) is 1.05. The van der Waals surface area contributed by atoms with Crippen molar-refractivity contribution < 1.29 is 5.11 Å². The minimum atomic E-state index is -0.482. The summed E-state index contributed by atoms with van der Waals surface area (Å²) in [6, 6.07) is 3.36. The second-order valence-electron chi connectivity index (χ2n) is 3.23. The molecule has 13 heavy (non-hydrogen) atoms. The first-order valence-corrected chi connectivity index (χ1v) is 4.51. The number of aliphatic hydroxyl groups is 1. The minimum absolute atomic E-state index is 0.0573. The number of aromatic nitrogens is 1. The Morgan fingerprint density at radius 2 is 2.23 bits per heavy atom. The molecule has 1 heterocycles. The van der Waals surface area contributed by atoms with Crippen LogP contribution in [0.5, 0.6) is 0 Å². The maximum atomic E-state index is 11.3. The van der Waals surface area contributed by atoms with Crippen LogP contribution in [0.3, 0.4) is 0 Å². The van der Waals surface area contributed by atoms with Crippen molar-refractivity contribution in [2.24, 2.45) is 0 Å². The molecule has 0 saturated heterocycles. The smallest absolute Gasteiger partial charge is 0.250 e. The topological polar surface area (TPSA) is 42.2 Å². The van der Waals surface area contributed by atoms with Crippen LogP contribution in [0.25, 0.3) is 0 Å². The van der Waals surface area contributed by atoms with Gasteiger partial charge in [0, 0.05) is 12.3 Å². The molecule has 0 aliphatic heterocycles. The summed E-state index contributed by atoms with van der Waals surface area (Å²) in [5.74, 6) is 0. The maximum Gasteiger partial charge on any atom is 0.250 e. The molecule has 0 spiro atoms. The molecule has 0 aliphatic carbocycles. The van der Waals surface area contributed by atoms with Gasteiger partial charge < -0.3 is 9.67 Å². The van der Waals surface area contributed by atoms with E-state index >= 15 is 0 Å². The number of hydrogen-bond acceptors (Lipinski definition) is 2. The highest BCUT2D eigenvalue weighted by Gasteiger charge is 2.00. The lowest BCUT2D eigenvalue weighted by Crippen LogP contribution is -2.24. The third-order valence-electron chi connectivity index (χ3n) is 1.91. The van der Waals surface area contributed by atoms with Gasteiger partial charge in [-0.1, -0.05) is 13.0 Å². The highest BCUT2D eigenvalue weighted by Crippen LogP contribution is 1.97. The standard InChI is InChI=1S/C10H15NO2/c1-3-9-4-5-10(13)11(7-9)6-8(2)12/h4-5,7-8,12H,3,6H2,1-2H3/t8-/m0/s1. The van der Waals surface area contributed by atoms with E-state index in [4.69, 9.17) is 5.11 Å². The van der Waals surface area contributed by atoms with Gasteiger partial charge in [0.2, 0.25) is 0 Å². The molecule has 1 rings (SSSR count). The average molecular weight is 181 g/mol. The fourth-order valence-corrected chi connectivity index (χ4v) is 1.22. The maximum absolute atomic E-state index is 11.3. The van der Waals surface area contributed by atoms with Gasteiger partial charge in [-0.05, 0) is 18.9 Å². The number of aryl methyl sites for hydroxylation is 1.